The van der Waals surface area contributed by atoms with Gasteiger partial charge in [-0.05, 0) is 48.9 Å². The van der Waals surface area contributed by atoms with E-state index in [0.717, 1.165) is 10.0 Å². The number of hydrogen-bond acceptors (Lipinski definition) is 2. The zero-order valence-corrected chi connectivity index (χ0v) is 13.0. The summed E-state index contributed by atoms with van der Waals surface area (Å²) in [6.45, 7) is 2.43. The van der Waals surface area contributed by atoms with Crippen molar-refractivity contribution in [1.82, 2.24) is 0 Å². The Labute approximate surface area is 131 Å². The van der Waals surface area contributed by atoms with Crippen molar-refractivity contribution in [1.29, 1.82) is 5.26 Å². The third kappa shape index (κ3) is 3.93. The summed E-state index contributed by atoms with van der Waals surface area (Å²) in [6.07, 6.45) is 1.70. The lowest BCUT2D eigenvalue weighted by Gasteiger charge is -2.08. The van der Waals surface area contributed by atoms with Crippen LogP contribution in [0.2, 0.25) is 0 Å². The van der Waals surface area contributed by atoms with Crippen molar-refractivity contribution in [2.45, 2.75) is 6.92 Å². The molecule has 0 N–H and O–H groups in total. The number of nitriles is 1. The summed E-state index contributed by atoms with van der Waals surface area (Å²) in [6, 6.07) is 13.7. The number of halogens is 2. The molecule has 0 fully saturated rings. The summed E-state index contributed by atoms with van der Waals surface area (Å²) in [5.41, 5.74) is 1.69. The molecule has 2 aromatic carbocycles. The third-order valence-corrected chi connectivity index (χ3v) is 3.32. The van der Waals surface area contributed by atoms with Crippen molar-refractivity contribution in [3.05, 3.63) is 63.9 Å². The first-order valence-electron chi connectivity index (χ1n) is 6.44. The topological polar surface area (TPSA) is 33.0 Å². The van der Waals surface area contributed by atoms with Crippen molar-refractivity contribution in [3.63, 3.8) is 0 Å². The number of rotatable bonds is 4. The van der Waals surface area contributed by atoms with Crippen molar-refractivity contribution in [3.8, 4) is 11.8 Å². The van der Waals surface area contributed by atoms with E-state index >= 15 is 0 Å². The molecule has 0 amide bonds. The van der Waals surface area contributed by atoms with Crippen molar-refractivity contribution < 1.29 is 9.13 Å². The van der Waals surface area contributed by atoms with Gasteiger partial charge in [0.2, 0.25) is 0 Å². The van der Waals surface area contributed by atoms with E-state index in [4.69, 9.17) is 4.74 Å². The molecule has 0 aliphatic carbocycles. The molecule has 0 atom stereocenters. The molecule has 2 aromatic rings. The Morgan fingerprint density at radius 1 is 1.33 bits per heavy atom. The van der Waals surface area contributed by atoms with Gasteiger partial charge in [-0.15, -0.1) is 0 Å². The lowest BCUT2D eigenvalue weighted by molar-refractivity contribution is 0.339. The molecule has 0 radical (unpaired) electrons. The molecule has 2 rings (SSSR count). The van der Waals surface area contributed by atoms with Crippen LogP contribution in [0.4, 0.5) is 4.39 Å². The number of hydrogen-bond donors (Lipinski definition) is 0. The fraction of sp³-hybridized carbons (Fsp3) is 0.118. The number of nitrogens with zero attached hydrogens (tertiary/aromatic N) is 1. The molecule has 0 heterocycles. The Bertz CT molecular complexity index is 719. The van der Waals surface area contributed by atoms with Crippen LogP contribution in [0.5, 0.6) is 5.75 Å². The van der Waals surface area contributed by atoms with E-state index in [0.29, 0.717) is 23.5 Å². The molecular formula is C17H13BrFNO. The van der Waals surface area contributed by atoms with Gasteiger partial charge in [0.15, 0.2) is 0 Å². The SMILES string of the molecule is CCOc1ccc(Br)cc1/C=C(/C#N)c1cccc(F)c1. The van der Waals surface area contributed by atoms with Crippen molar-refractivity contribution in [2.24, 2.45) is 0 Å². The molecule has 2 nitrogen and oxygen atoms in total. The van der Waals surface area contributed by atoms with Crippen LogP contribution in [0.15, 0.2) is 46.9 Å². The van der Waals surface area contributed by atoms with Crippen LogP contribution in [-0.4, -0.2) is 6.61 Å². The summed E-state index contributed by atoms with van der Waals surface area (Å²) < 4.78 is 19.7. The first-order chi connectivity index (χ1) is 10.1. The van der Waals surface area contributed by atoms with E-state index in [9.17, 15) is 9.65 Å². The minimum atomic E-state index is -0.368. The summed E-state index contributed by atoms with van der Waals surface area (Å²) >= 11 is 3.40. The Hall–Kier alpha value is -2.12. The molecule has 4 heteroatoms. The molecule has 21 heavy (non-hydrogen) atoms. The fourth-order valence-electron chi connectivity index (χ4n) is 1.91. The van der Waals surface area contributed by atoms with Gasteiger partial charge in [-0.2, -0.15) is 5.26 Å². The average Bonchev–Trinajstić information content (AvgIpc) is 2.47. The van der Waals surface area contributed by atoms with Crippen molar-refractivity contribution in [2.75, 3.05) is 6.61 Å². The predicted octanol–water partition coefficient (Wildman–Crippen LogP) is 5.05. The summed E-state index contributed by atoms with van der Waals surface area (Å²) in [5, 5.41) is 9.33. The van der Waals surface area contributed by atoms with Crippen LogP contribution < -0.4 is 4.74 Å². The molecule has 0 saturated heterocycles. The zero-order chi connectivity index (χ0) is 15.2. The van der Waals surface area contributed by atoms with E-state index in [1.54, 1.807) is 18.2 Å². The lowest BCUT2D eigenvalue weighted by Crippen LogP contribution is -1.94. The Kier molecular flexibility index (Phi) is 5.13. The second-order valence-corrected chi connectivity index (χ2v) is 5.21. The second-order valence-electron chi connectivity index (χ2n) is 4.30. The van der Waals surface area contributed by atoms with E-state index in [1.807, 2.05) is 25.1 Å². The second kappa shape index (κ2) is 7.05. The Morgan fingerprint density at radius 2 is 2.14 bits per heavy atom. The molecule has 0 aliphatic rings. The van der Waals surface area contributed by atoms with Gasteiger partial charge in [0, 0.05) is 10.0 Å². The highest BCUT2D eigenvalue weighted by Crippen LogP contribution is 2.28. The fourth-order valence-corrected chi connectivity index (χ4v) is 2.29. The molecule has 106 valence electrons. The first kappa shape index (κ1) is 15.3. The molecule has 0 aromatic heterocycles. The average molecular weight is 346 g/mol. The highest BCUT2D eigenvalue weighted by molar-refractivity contribution is 9.10. The number of allylic oxidation sites excluding steroid dienone is 1. The smallest absolute Gasteiger partial charge is 0.126 e. The highest BCUT2D eigenvalue weighted by Gasteiger charge is 2.07. The maximum absolute atomic E-state index is 13.3. The maximum atomic E-state index is 13.3. The summed E-state index contributed by atoms with van der Waals surface area (Å²) in [7, 11) is 0. The van der Waals surface area contributed by atoms with E-state index in [1.165, 1.54) is 12.1 Å². The van der Waals surface area contributed by atoms with Crippen molar-refractivity contribution >= 4 is 27.6 Å². The quantitative estimate of drug-likeness (QED) is 0.573. The normalized spacial score (nSPS) is 11.0. The van der Waals surface area contributed by atoms with Gasteiger partial charge in [0.1, 0.15) is 11.6 Å². The molecule has 0 spiro atoms. The van der Waals surface area contributed by atoms with Crippen LogP contribution in [0.3, 0.4) is 0 Å². The number of ether oxygens (including phenoxy) is 1. The molecule has 0 unspecified atom stereocenters. The van der Waals surface area contributed by atoms with Crippen LogP contribution >= 0.6 is 15.9 Å². The van der Waals surface area contributed by atoms with Crippen LogP contribution in [-0.2, 0) is 0 Å². The Morgan fingerprint density at radius 3 is 2.81 bits per heavy atom. The zero-order valence-electron chi connectivity index (χ0n) is 11.4. The predicted molar refractivity (Wildman–Crippen MR) is 85.2 cm³/mol. The van der Waals surface area contributed by atoms with Gasteiger partial charge in [0.25, 0.3) is 0 Å². The number of benzene rings is 2. The molecular weight excluding hydrogens is 333 g/mol. The molecule has 0 saturated carbocycles. The van der Waals surface area contributed by atoms with E-state index < -0.39 is 0 Å². The van der Waals surface area contributed by atoms with E-state index in [2.05, 4.69) is 22.0 Å². The van der Waals surface area contributed by atoms with Gasteiger partial charge < -0.3 is 4.74 Å². The minimum absolute atomic E-state index is 0.368. The maximum Gasteiger partial charge on any atom is 0.126 e. The largest absolute Gasteiger partial charge is 0.493 e. The van der Waals surface area contributed by atoms with Gasteiger partial charge >= 0.3 is 0 Å². The summed E-state index contributed by atoms with van der Waals surface area (Å²) in [4.78, 5) is 0. The summed E-state index contributed by atoms with van der Waals surface area (Å²) in [5.74, 6) is 0.317. The van der Waals surface area contributed by atoms with Gasteiger partial charge in [-0.3, -0.25) is 0 Å². The Balaban J connectivity index is 2.50. The minimum Gasteiger partial charge on any atom is -0.493 e. The monoisotopic (exact) mass is 345 g/mol. The molecule has 0 aliphatic heterocycles. The third-order valence-electron chi connectivity index (χ3n) is 2.83. The van der Waals surface area contributed by atoms with Crippen LogP contribution in [0.1, 0.15) is 18.1 Å². The van der Waals surface area contributed by atoms with Gasteiger partial charge in [-0.1, -0.05) is 28.1 Å². The van der Waals surface area contributed by atoms with Gasteiger partial charge in [0.05, 0.1) is 18.2 Å². The van der Waals surface area contributed by atoms with E-state index in [-0.39, 0.29) is 5.82 Å². The first-order valence-corrected chi connectivity index (χ1v) is 7.23. The lowest BCUT2D eigenvalue weighted by atomic mass is 10.0. The highest BCUT2D eigenvalue weighted by atomic mass is 79.9. The molecule has 0 bridgehead atoms. The van der Waals surface area contributed by atoms with Gasteiger partial charge in [-0.25, -0.2) is 4.39 Å². The van der Waals surface area contributed by atoms with Crippen LogP contribution in [0, 0.1) is 17.1 Å². The standard InChI is InChI=1S/C17H13BrFNO/c1-2-21-17-7-6-15(18)9-13(17)8-14(11-20)12-4-3-5-16(19)10-12/h3-10H,2H2,1H3/b14-8-. The van der Waals surface area contributed by atoms with Crippen LogP contribution in [0.25, 0.3) is 11.6 Å².